The molecule has 0 aliphatic heterocycles. The first-order chi connectivity index (χ1) is 19.9. The number of carbonyl (C=O) groups excluding carboxylic acids is 1. The molecule has 0 unspecified atom stereocenters. The molecule has 2 heterocycles. The van der Waals surface area contributed by atoms with Crippen LogP contribution in [0.3, 0.4) is 0 Å². The monoisotopic (exact) mass is 756 g/mol. The number of hydrogen-bond acceptors (Lipinski definition) is 4. The number of carbonyl (C=O) groups is 1. The summed E-state index contributed by atoms with van der Waals surface area (Å²) in [5.74, 6) is 0.547. The van der Waals surface area contributed by atoms with Crippen molar-refractivity contribution < 1.29 is 30.0 Å². The van der Waals surface area contributed by atoms with E-state index in [-0.39, 0.29) is 54.3 Å². The molecule has 1 aliphatic rings. The summed E-state index contributed by atoms with van der Waals surface area (Å²) < 4.78 is 0. The minimum absolute atomic E-state index is 0. The second kappa shape index (κ2) is 13.8. The average Bonchev–Trinajstić information content (AvgIpc) is 2.96. The van der Waals surface area contributed by atoms with E-state index in [9.17, 15) is 9.90 Å². The van der Waals surface area contributed by atoms with E-state index in [0.717, 1.165) is 42.5 Å². The second-order valence-corrected chi connectivity index (χ2v) is 13.1. The van der Waals surface area contributed by atoms with Gasteiger partial charge in [0.2, 0.25) is 0 Å². The summed E-state index contributed by atoms with van der Waals surface area (Å²) in [6, 6.07) is 16.6. The first kappa shape index (κ1) is 34.6. The van der Waals surface area contributed by atoms with Gasteiger partial charge in [0.25, 0.3) is 0 Å². The quantitative estimate of drug-likeness (QED) is 0.116. The molecule has 0 bridgehead atoms. The van der Waals surface area contributed by atoms with Gasteiger partial charge in [0.15, 0.2) is 5.78 Å². The van der Waals surface area contributed by atoms with Crippen LogP contribution in [0.4, 0.5) is 0 Å². The van der Waals surface area contributed by atoms with Gasteiger partial charge in [-0.25, -0.2) is 0 Å². The van der Waals surface area contributed by atoms with Crippen LogP contribution in [0.15, 0.2) is 60.6 Å². The van der Waals surface area contributed by atoms with Crippen molar-refractivity contribution in [2.75, 3.05) is 0 Å². The number of aliphatic hydroxyl groups excluding tert-OH is 1. The third-order valence-corrected chi connectivity index (χ3v) is 9.08. The molecule has 4 aromatic rings. The summed E-state index contributed by atoms with van der Waals surface area (Å²) in [6.07, 6.45) is 8.69. The van der Waals surface area contributed by atoms with Crippen LogP contribution in [0, 0.1) is 17.9 Å². The van der Waals surface area contributed by atoms with E-state index >= 15 is 0 Å². The van der Waals surface area contributed by atoms with Gasteiger partial charge in [0.1, 0.15) is 0 Å². The van der Waals surface area contributed by atoms with Gasteiger partial charge in [-0.15, -0.1) is 0 Å². The molecular formula is C38H47IrN2O2-. The van der Waals surface area contributed by atoms with Gasteiger partial charge in [-0.3, -0.25) is 9.78 Å². The summed E-state index contributed by atoms with van der Waals surface area (Å²) in [4.78, 5) is 21.2. The van der Waals surface area contributed by atoms with E-state index < -0.39 is 0 Å². The fourth-order valence-corrected chi connectivity index (χ4v) is 6.27. The number of fused-ring (bicyclic) bond motifs is 4. The normalized spacial score (nSPS) is 13.9. The number of aliphatic hydroxyl groups is 1. The molecule has 0 saturated carbocycles. The molecule has 1 aliphatic carbocycles. The van der Waals surface area contributed by atoms with Crippen molar-refractivity contribution in [3.8, 4) is 11.3 Å². The predicted octanol–water partition coefficient (Wildman–Crippen LogP) is 10.1. The Bertz CT molecular complexity index is 1620. The van der Waals surface area contributed by atoms with Crippen LogP contribution in [0.1, 0.15) is 105 Å². The van der Waals surface area contributed by atoms with Crippen LogP contribution >= 0.6 is 0 Å². The Morgan fingerprint density at radius 2 is 1.63 bits per heavy atom. The number of allylic oxidation sites excluding steroid dienone is 2. The number of aromatic nitrogens is 2. The molecule has 0 saturated heterocycles. The van der Waals surface area contributed by atoms with E-state index in [4.69, 9.17) is 4.98 Å². The van der Waals surface area contributed by atoms with Crippen LogP contribution < -0.4 is 0 Å². The number of ketones is 1. The maximum absolute atomic E-state index is 11.7. The molecule has 1 N–H and O–H groups in total. The third kappa shape index (κ3) is 6.79. The third-order valence-electron chi connectivity index (χ3n) is 9.08. The Morgan fingerprint density at radius 1 is 0.977 bits per heavy atom. The minimum atomic E-state index is -0.151. The minimum Gasteiger partial charge on any atom is -0.512 e. The van der Waals surface area contributed by atoms with Gasteiger partial charge in [-0.1, -0.05) is 109 Å². The van der Waals surface area contributed by atoms with Gasteiger partial charge in [-0.05, 0) is 70.8 Å². The summed E-state index contributed by atoms with van der Waals surface area (Å²) in [5, 5.41) is 13.4. The summed E-state index contributed by atoms with van der Waals surface area (Å²) in [5.41, 5.74) is 7.06. The van der Waals surface area contributed by atoms with E-state index in [0.29, 0.717) is 0 Å². The van der Waals surface area contributed by atoms with Crippen molar-refractivity contribution in [1.29, 1.82) is 0 Å². The smallest absolute Gasteiger partial charge is 0.162 e. The molecule has 231 valence electrons. The molecule has 4 nitrogen and oxygen atoms in total. The standard InChI is InChI=1S/C25H23N2.C13H24O2.Ir/c1-24(2,3)16-10-9-15-14-27-23-17-11-12-26-20-8-6-7-19(21(17)20)25(4,5)22(23)18(15)13-16;1-5-10(6-2)12(14)9-13(15)11(7-3)8-4;/h6-10,12-14H,1-5H3;9-11,14H,5-8H2,1-4H3;/q-1;;/b;12-9-;. The van der Waals surface area contributed by atoms with E-state index in [1.165, 1.54) is 38.9 Å². The SMILES string of the molecule is CC(C)(C)c1ccc2cnc3c(c2c1)C(C)(C)c1cccc2nc[c-]c-3c12.CCC(CC)C(=O)/C=C(\O)C(CC)CC.[Ir]. The number of nitrogens with zero attached hydrogens (tertiary/aromatic N) is 2. The fourth-order valence-electron chi connectivity index (χ4n) is 6.27. The molecule has 5 rings (SSSR count). The average molecular weight is 756 g/mol. The molecular weight excluding hydrogens is 709 g/mol. The van der Waals surface area contributed by atoms with Crippen molar-refractivity contribution in [3.05, 3.63) is 83.4 Å². The van der Waals surface area contributed by atoms with Crippen molar-refractivity contribution >= 4 is 27.5 Å². The van der Waals surface area contributed by atoms with Crippen LogP contribution in [-0.4, -0.2) is 20.9 Å². The number of benzene rings is 2. The van der Waals surface area contributed by atoms with Gasteiger partial charge in [-0.2, -0.15) is 11.6 Å². The van der Waals surface area contributed by atoms with Crippen LogP contribution in [-0.2, 0) is 35.7 Å². The summed E-state index contributed by atoms with van der Waals surface area (Å²) in [7, 11) is 0. The van der Waals surface area contributed by atoms with Gasteiger partial charge in [0, 0.05) is 49.7 Å². The first-order valence-corrected chi connectivity index (χ1v) is 15.6. The Kier molecular flexibility index (Phi) is 11.1. The van der Waals surface area contributed by atoms with E-state index in [1.54, 1.807) is 6.20 Å². The van der Waals surface area contributed by atoms with Gasteiger partial charge in [0.05, 0.1) is 5.76 Å². The second-order valence-electron chi connectivity index (χ2n) is 13.1. The fraction of sp³-hybridized carbons (Fsp3) is 0.447. The predicted molar refractivity (Wildman–Crippen MR) is 176 cm³/mol. The Balaban J connectivity index is 0.000000274. The maximum Gasteiger partial charge on any atom is 0.162 e. The summed E-state index contributed by atoms with van der Waals surface area (Å²) in [6.45, 7) is 19.5. The van der Waals surface area contributed by atoms with Crippen molar-refractivity contribution in [1.82, 2.24) is 9.97 Å². The molecule has 0 spiro atoms. The Hall–Kier alpha value is -2.88. The molecule has 5 heteroatoms. The largest absolute Gasteiger partial charge is 0.512 e. The van der Waals surface area contributed by atoms with Crippen LogP contribution in [0.5, 0.6) is 0 Å². The van der Waals surface area contributed by atoms with Crippen molar-refractivity contribution in [2.45, 2.75) is 98.8 Å². The maximum atomic E-state index is 11.7. The molecule has 43 heavy (non-hydrogen) atoms. The Morgan fingerprint density at radius 3 is 2.23 bits per heavy atom. The van der Waals surface area contributed by atoms with E-state index in [2.05, 4.69) is 82.1 Å². The number of hydrogen-bond donors (Lipinski definition) is 1. The van der Waals surface area contributed by atoms with Gasteiger partial charge >= 0.3 is 0 Å². The Labute approximate surface area is 271 Å². The molecule has 0 atom stereocenters. The molecule has 2 aromatic heterocycles. The van der Waals surface area contributed by atoms with Gasteiger partial charge < -0.3 is 10.1 Å². The molecule has 0 amide bonds. The molecule has 1 radical (unpaired) electrons. The topological polar surface area (TPSA) is 63.1 Å². The zero-order valence-electron chi connectivity index (χ0n) is 27.3. The zero-order chi connectivity index (χ0) is 30.8. The van der Waals surface area contributed by atoms with E-state index in [1.807, 2.05) is 33.9 Å². The summed E-state index contributed by atoms with van der Waals surface area (Å²) >= 11 is 0. The number of rotatable bonds is 7. The van der Waals surface area contributed by atoms with Crippen molar-refractivity contribution in [2.24, 2.45) is 11.8 Å². The van der Waals surface area contributed by atoms with Crippen molar-refractivity contribution in [3.63, 3.8) is 0 Å². The first-order valence-electron chi connectivity index (χ1n) is 15.6. The molecule has 2 aromatic carbocycles. The van der Waals surface area contributed by atoms with Crippen LogP contribution in [0.2, 0.25) is 0 Å². The number of pyridine rings is 2. The van der Waals surface area contributed by atoms with Crippen LogP contribution in [0.25, 0.3) is 32.9 Å². The molecule has 0 fully saturated rings. The zero-order valence-corrected chi connectivity index (χ0v) is 29.7.